The molecule has 0 radical (unpaired) electrons. The molecular weight excluding hydrogens is 257 g/mol. The van der Waals surface area contributed by atoms with Crippen molar-refractivity contribution < 1.29 is 14.3 Å². The van der Waals surface area contributed by atoms with Crippen molar-refractivity contribution in [3.63, 3.8) is 0 Å². The van der Waals surface area contributed by atoms with Crippen LogP contribution in [-0.4, -0.2) is 41.5 Å². The number of Topliss-reactive ketones (excluding diaryl/α,β-unsaturated/α-hetero) is 1. The average Bonchev–Trinajstić information content (AvgIpc) is 2.86. The maximum absolute atomic E-state index is 12.8. The van der Waals surface area contributed by atoms with Crippen molar-refractivity contribution in [2.45, 2.75) is 38.1 Å². The number of benzene rings is 1. The molecule has 1 aromatic carbocycles. The molecule has 1 atom stereocenters. The molecule has 0 saturated carbocycles. The molecule has 110 valence electrons. The van der Waals surface area contributed by atoms with E-state index in [9.17, 15) is 9.18 Å². The molecule has 1 unspecified atom stereocenters. The number of rotatable bonds is 7. The van der Waals surface area contributed by atoms with E-state index in [4.69, 9.17) is 5.11 Å². The molecule has 20 heavy (non-hydrogen) atoms. The predicted molar refractivity (Wildman–Crippen MR) is 76.0 cm³/mol. The quantitative estimate of drug-likeness (QED) is 0.831. The van der Waals surface area contributed by atoms with Crippen LogP contribution in [0.25, 0.3) is 0 Å². The summed E-state index contributed by atoms with van der Waals surface area (Å²) in [6.45, 7) is 1.65. The molecule has 0 spiro atoms. The lowest BCUT2D eigenvalue weighted by Crippen LogP contribution is -2.35. The SMILES string of the molecule is O=C(Cc1ccc(F)cc1)CN1CCCC1CCCO. The fraction of sp³-hybridized carbons (Fsp3) is 0.562. The zero-order valence-electron chi connectivity index (χ0n) is 11.7. The first-order chi connectivity index (χ1) is 9.69. The van der Waals surface area contributed by atoms with Crippen LogP contribution in [0.3, 0.4) is 0 Å². The van der Waals surface area contributed by atoms with Crippen molar-refractivity contribution >= 4 is 5.78 Å². The lowest BCUT2D eigenvalue weighted by atomic mass is 10.1. The van der Waals surface area contributed by atoms with Crippen LogP contribution in [0.1, 0.15) is 31.2 Å². The van der Waals surface area contributed by atoms with E-state index in [-0.39, 0.29) is 18.2 Å². The Morgan fingerprint density at radius 2 is 2.10 bits per heavy atom. The van der Waals surface area contributed by atoms with Crippen molar-refractivity contribution in [2.24, 2.45) is 0 Å². The lowest BCUT2D eigenvalue weighted by molar-refractivity contribution is -0.119. The minimum Gasteiger partial charge on any atom is -0.396 e. The molecule has 0 aliphatic carbocycles. The van der Waals surface area contributed by atoms with E-state index < -0.39 is 0 Å². The van der Waals surface area contributed by atoms with Gasteiger partial charge in [-0.2, -0.15) is 0 Å². The Morgan fingerprint density at radius 1 is 1.35 bits per heavy atom. The van der Waals surface area contributed by atoms with Gasteiger partial charge in [0.05, 0.1) is 6.54 Å². The highest BCUT2D eigenvalue weighted by atomic mass is 19.1. The zero-order chi connectivity index (χ0) is 14.4. The summed E-state index contributed by atoms with van der Waals surface area (Å²) in [4.78, 5) is 14.3. The Morgan fingerprint density at radius 3 is 2.80 bits per heavy atom. The third kappa shape index (κ3) is 4.39. The second kappa shape index (κ2) is 7.50. The van der Waals surface area contributed by atoms with Crippen LogP contribution in [0.4, 0.5) is 4.39 Å². The smallest absolute Gasteiger partial charge is 0.151 e. The maximum Gasteiger partial charge on any atom is 0.151 e. The second-order valence-corrected chi connectivity index (χ2v) is 5.47. The van der Waals surface area contributed by atoms with E-state index in [0.717, 1.165) is 37.8 Å². The van der Waals surface area contributed by atoms with Gasteiger partial charge in [0.2, 0.25) is 0 Å². The van der Waals surface area contributed by atoms with Gasteiger partial charge in [-0.05, 0) is 49.9 Å². The standard InChI is InChI=1S/C16H22FNO2/c17-14-7-5-13(6-8-14)11-16(20)12-18-9-1-3-15(18)4-2-10-19/h5-8,15,19H,1-4,9-12H2. The third-order valence-electron chi connectivity index (χ3n) is 3.89. The highest BCUT2D eigenvalue weighted by Crippen LogP contribution is 2.21. The fourth-order valence-electron chi connectivity index (χ4n) is 2.87. The van der Waals surface area contributed by atoms with Crippen molar-refractivity contribution in [1.29, 1.82) is 0 Å². The van der Waals surface area contributed by atoms with Crippen LogP contribution in [0, 0.1) is 5.82 Å². The second-order valence-electron chi connectivity index (χ2n) is 5.47. The Balaban J connectivity index is 1.82. The van der Waals surface area contributed by atoms with E-state index in [1.807, 2.05) is 0 Å². The summed E-state index contributed by atoms with van der Waals surface area (Å²) in [5.74, 6) is -0.0997. The van der Waals surface area contributed by atoms with E-state index in [0.29, 0.717) is 19.0 Å². The van der Waals surface area contributed by atoms with Crippen LogP contribution in [0.2, 0.25) is 0 Å². The highest BCUT2D eigenvalue weighted by molar-refractivity contribution is 5.82. The first kappa shape index (κ1) is 15.1. The number of hydrogen-bond acceptors (Lipinski definition) is 3. The molecule has 1 heterocycles. The van der Waals surface area contributed by atoms with E-state index >= 15 is 0 Å². The summed E-state index contributed by atoms with van der Waals surface area (Å²) in [6, 6.07) is 6.55. The third-order valence-corrected chi connectivity index (χ3v) is 3.89. The number of carbonyl (C=O) groups excluding carboxylic acids is 1. The van der Waals surface area contributed by atoms with Crippen molar-refractivity contribution in [3.05, 3.63) is 35.6 Å². The molecule has 1 aliphatic heterocycles. The van der Waals surface area contributed by atoms with E-state index in [1.165, 1.54) is 12.1 Å². The van der Waals surface area contributed by atoms with Gasteiger partial charge in [-0.1, -0.05) is 12.1 Å². The largest absolute Gasteiger partial charge is 0.396 e. The molecule has 2 rings (SSSR count). The topological polar surface area (TPSA) is 40.5 Å². The van der Waals surface area contributed by atoms with Gasteiger partial charge in [0, 0.05) is 19.1 Å². The molecule has 0 aromatic heterocycles. The van der Waals surface area contributed by atoms with Gasteiger partial charge in [-0.15, -0.1) is 0 Å². The lowest BCUT2D eigenvalue weighted by Gasteiger charge is -2.23. The molecular formula is C16H22FNO2. The number of likely N-dealkylation sites (tertiary alicyclic amines) is 1. The average molecular weight is 279 g/mol. The number of hydrogen-bond donors (Lipinski definition) is 1. The molecule has 1 saturated heterocycles. The van der Waals surface area contributed by atoms with Crippen LogP contribution < -0.4 is 0 Å². The van der Waals surface area contributed by atoms with Crippen LogP contribution in [-0.2, 0) is 11.2 Å². The number of aliphatic hydroxyl groups is 1. The number of aliphatic hydroxyl groups excluding tert-OH is 1. The molecule has 0 amide bonds. The summed E-state index contributed by atoms with van der Waals surface area (Å²) < 4.78 is 12.8. The van der Waals surface area contributed by atoms with E-state index in [1.54, 1.807) is 12.1 Å². The van der Waals surface area contributed by atoms with Crippen molar-refractivity contribution in [3.8, 4) is 0 Å². The summed E-state index contributed by atoms with van der Waals surface area (Å²) in [7, 11) is 0. The van der Waals surface area contributed by atoms with Gasteiger partial charge in [0.15, 0.2) is 5.78 Å². The first-order valence-corrected chi connectivity index (χ1v) is 7.30. The summed E-state index contributed by atoms with van der Waals surface area (Å²) >= 11 is 0. The normalized spacial score (nSPS) is 19.4. The maximum atomic E-state index is 12.8. The van der Waals surface area contributed by atoms with Gasteiger partial charge < -0.3 is 5.11 Å². The molecule has 4 heteroatoms. The molecule has 0 bridgehead atoms. The molecule has 1 aromatic rings. The fourth-order valence-corrected chi connectivity index (χ4v) is 2.87. The van der Waals surface area contributed by atoms with E-state index in [2.05, 4.69) is 4.90 Å². The molecule has 1 N–H and O–H groups in total. The van der Waals surface area contributed by atoms with Gasteiger partial charge in [-0.25, -0.2) is 4.39 Å². The van der Waals surface area contributed by atoms with Crippen molar-refractivity contribution in [1.82, 2.24) is 4.90 Å². The summed E-state index contributed by atoms with van der Waals surface area (Å²) in [6.07, 6.45) is 4.36. The van der Waals surface area contributed by atoms with Crippen LogP contribution in [0.15, 0.2) is 24.3 Å². The zero-order valence-corrected chi connectivity index (χ0v) is 11.7. The minimum absolute atomic E-state index is 0.174. The van der Waals surface area contributed by atoms with Gasteiger partial charge >= 0.3 is 0 Å². The minimum atomic E-state index is -0.273. The molecule has 3 nitrogen and oxygen atoms in total. The number of nitrogens with zero attached hydrogens (tertiary/aromatic N) is 1. The predicted octanol–water partition coefficient (Wildman–Crippen LogP) is 2.17. The Bertz CT molecular complexity index is 433. The summed E-state index contributed by atoms with van der Waals surface area (Å²) in [5.41, 5.74) is 0.863. The Hall–Kier alpha value is -1.26. The number of ketones is 1. The van der Waals surface area contributed by atoms with Gasteiger partial charge in [-0.3, -0.25) is 9.69 Å². The summed E-state index contributed by atoms with van der Waals surface area (Å²) in [5, 5.41) is 8.90. The van der Waals surface area contributed by atoms with Gasteiger partial charge in [0.1, 0.15) is 5.82 Å². The Kier molecular flexibility index (Phi) is 5.68. The van der Waals surface area contributed by atoms with Crippen LogP contribution >= 0.6 is 0 Å². The monoisotopic (exact) mass is 279 g/mol. The van der Waals surface area contributed by atoms with Crippen LogP contribution in [0.5, 0.6) is 0 Å². The molecule has 1 aliphatic rings. The highest BCUT2D eigenvalue weighted by Gasteiger charge is 2.25. The van der Waals surface area contributed by atoms with Crippen molar-refractivity contribution in [2.75, 3.05) is 19.7 Å². The molecule has 1 fully saturated rings. The number of halogens is 1. The first-order valence-electron chi connectivity index (χ1n) is 7.30. The number of carbonyl (C=O) groups is 1. The van der Waals surface area contributed by atoms with Gasteiger partial charge in [0.25, 0.3) is 0 Å². The Labute approximate surface area is 119 Å².